The van der Waals surface area contributed by atoms with Crippen molar-refractivity contribution in [2.45, 2.75) is 20.2 Å². The van der Waals surface area contributed by atoms with Gasteiger partial charge in [-0.05, 0) is 48.0 Å². The van der Waals surface area contributed by atoms with Crippen molar-refractivity contribution in [3.63, 3.8) is 0 Å². The smallest absolute Gasteiger partial charge is 0.405 e. The highest BCUT2D eigenvalue weighted by Gasteiger charge is 2.32. The van der Waals surface area contributed by atoms with Crippen LogP contribution in [0.2, 0.25) is 0 Å². The maximum absolute atomic E-state index is 12.1. The molecule has 0 aliphatic carbocycles. The molecule has 0 fully saturated rings. The van der Waals surface area contributed by atoms with Crippen molar-refractivity contribution >= 4 is 27.5 Å². The number of hydrogen-bond acceptors (Lipinski definition) is 3. The van der Waals surface area contributed by atoms with Crippen LogP contribution >= 0.6 is 15.9 Å². The Balaban J connectivity index is 2.89. The lowest BCUT2D eigenvalue weighted by Gasteiger charge is -2.16. The highest BCUT2D eigenvalue weighted by Crippen LogP contribution is 2.32. The van der Waals surface area contributed by atoms with Gasteiger partial charge >= 0.3 is 6.36 Å². The molecule has 8 heteroatoms. The number of nitriles is 1. The third-order valence-electron chi connectivity index (χ3n) is 2.26. The summed E-state index contributed by atoms with van der Waals surface area (Å²) in [4.78, 5) is 11.7. The molecule has 1 rings (SSSR count). The van der Waals surface area contributed by atoms with Crippen LogP contribution in [0.15, 0.2) is 22.7 Å². The number of carbonyl (C=O) groups excluding carboxylic acids is 1. The molecular formula is C12H10BrF3N2O2. The predicted octanol–water partition coefficient (Wildman–Crippen LogP) is 3.84. The van der Waals surface area contributed by atoms with Crippen LogP contribution in [0.5, 0.6) is 5.75 Å². The van der Waals surface area contributed by atoms with Crippen LogP contribution in [0.25, 0.3) is 0 Å². The van der Waals surface area contributed by atoms with E-state index in [4.69, 9.17) is 5.26 Å². The summed E-state index contributed by atoms with van der Waals surface area (Å²) in [6.45, 7) is 2.86. The van der Waals surface area contributed by atoms with E-state index in [0.29, 0.717) is 0 Å². The van der Waals surface area contributed by atoms with E-state index in [1.807, 2.05) is 6.07 Å². The highest BCUT2D eigenvalue weighted by atomic mass is 79.9. The second-order valence-corrected chi connectivity index (χ2v) is 5.24. The fourth-order valence-corrected chi connectivity index (χ4v) is 1.58. The maximum atomic E-state index is 12.1. The van der Waals surface area contributed by atoms with Gasteiger partial charge in [0.15, 0.2) is 0 Å². The van der Waals surface area contributed by atoms with Gasteiger partial charge in [-0.3, -0.25) is 4.79 Å². The van der Waals surface area contributed by atoms with E-state index in [2.05, 4.69) is 26.0 Å². The third-order valence-corrected chi connectivity index (χ3v) is 2.88. The molecule has 108 valence electrons. The lowest BCUT2D eigenvalue weighted by atomic mass is 9.94. The molecule has 0 radical (unpaired) electrons. The van der Waals surface area contributed by atoms with Gasteiger partial charge in [-0.25, -0.2) is 0 Å². The zero-order valence-electron chi connectivity index (χ0n) is 10.5. The third kappa shape index (κ3) is 4.42. The van der Waals surface area contributed by atoms with Crippen molar-refractivity contribution in [1.82, 2.24) is 0 Å². The number of ether oxygens (including phenoxy) is 1. The van der Waals surface area contributed by atoms with Crippen LogP contribution in [0.3, 0.4) is 0 Å². The van der Waals surface area contributed by atoms with Crippen molar-refractivity contribution in [2.75, 3.05) is 5.32 Å². The molecule has 20 heavy (non-hydrogen) atoms. The van der Waals surface area contributed by atoms with Crippen molar-refractivity contribution in [2.24, 2.45) is 5.41 Å². The SMILES string of the molecule is CC(C)(C#N)C(=O)Nc1ccc(OC(F)(F)F)c(Br)c1. The van der Waals surface area contributed by atoms with Crippen molar-refractivity contribution in [1.29, 1.82) is 5.26 Å². The molecule has 1 amide bonds. The summed E-state index contributed by atoms with van der Waals surface area (Å²) >= 11 is 2.92. The number of anilines is 1. The second-order valence-electron chi connectivity index (χ2n) is 4.38. The Morgan fingerprint density at radius 2 is 2.00 bits per heavy atom. The summed E-state index contributed by atoms with van der Waals surface area (Å²) in [5.41, 5.74) is -0.993. The predicted molar refractivity (Wildman–Crippen MR) is 68.8 cm³/mol. The van der Waals surface area contributed by atoms with Crippen LogP contribution < -0.4 is 10.1 Å². The average Bonchev–Trinajstić information content (AvgIpc) is 2.31. The quantitative estimate of drug-likeness (QED) is 0.900. The monoisotopic (exact) mass is 350 g/mol. The number of nitrogens with zero attached hydrogens (tertiary/aromatic N) is 1. The summed E-state index contributed by atoms with van der Waals surface area (Å²) in [7, 11) is 0. The zero-order valence-corrected chi connectivity index (χ0v) is 12.1. The Kier molecular flexibility index (Phi) is 4.65. The van der Waals surface area contributed by atoms with Crippen molar-refractivity contribution < 1.29 is 22.7 Å². The first-order valence-corrected chi connectivity index (χ1v) is 6.12. The average molecular weight is 351 g/mol. The molecular weight excluding hydrogens is 341 g/mol. The number of benzene rings is 1. The Hall–Kier alpha value is -1.75. The summed E-state index contributed by atoms with van der Waals surface area (Å²) in [5.74, 6) is -0.980. The number of nitrogens with one attached hydrogen (secondary N) is 1. The normalized spacial score (nSPS) is 11.7. The number of hydrogen-bond donors (Lipinski definition) is 1. The molecule has 0 saturated carbocycles. The molecule has 1 aromatic carbocycles. The van der Waals surface area contributed by atoms with Gasteiger partial charge in [-0.15, -0.1) is 13.2 Å². The number of halogens is 4. The Morgan fingerprint density at radius 1 is 1.40 bits per heavy atom. The highest BCUT2D eigenvalue weighted by molar-refractivity contribution is 9.10. The summed E-state index contributed by atoms with van der Waals surface area (Å²) in [6, 6.07) is 5.39. The number of alkyl halides is 3. The van der Waals surface area contributed by atoms with Gasteiger partial charge in [-0.2, -0.15) is 5.26 Å². The van der Waals surface area contributed by atoms with E-state index >= 15 is 0 Å². The van der Waals surface area contributed by atoms with Crippen LogP contribution in [0.1, 0.15) is 13.8 Å². The first kappa shape index (κ1) is 16.3. The minimum absolute atomic E-state index is 0.0300. The molecule has 0 aliphatic rings. The van der Waals surface area contributed by atoms with Crippen LogP contribution in [-0.2, 0) is 4.79 Å². The number of rotatable bonds is 3. The fraction of sp³-hybridized carbons (Fsp3) is 0.333. The van der Waals surface area contributed by atoms with Crippen LogP contribution in [0.4, 0.5) is 18.9 Å². The second kappa shape index (κ2) is 5.71. The van der Waals surface area contributed by atoms with E-state index in [9.17, 15) is 18.0 Å². The topological polar surface area (TPSA) is 62.1 Å². The molecule has 0 atom stereocenters. The first-order chi connectivity index (χ1) is 9.05. The zero-order chi connectivity index (χ0) is 15.6. The lowest BCUT2D eigenvalue weighted by Crippen LogP contribution is -2.29. The minimum atomic E-state index is -4.80. The minimum Gasteiger partial charge on any atom is -0.405 e. The molecule has 0 bridgehead atoms. The molecule has 0 aromatic heterocycles. The van der Waals surface area contributed by atoms with Crippen molar-refractivity contribution in [3.8, 4) is 11.8 Å². The standard InChI is InChI=1S/C12H10BrF3N2O2/c1-11(2,6-17)10(19)18-7-3-4-9(8(13)5-7)20-12(14,15)16/h3-5H,1-2H3,(H,18,19). The van der Waals surface area contributed by atoms with E-state index in [1.54, 1.807) is 0 Å². The van der Waals surface area contributed by atoms with Crippen molar-refractivity contribution in [3.05, 3.63) is 22.7 Å². The molecule has 0 spiro atoms. The fourth-order valence-electron chi connectivity index (χ4n) is 1.12. The molecule has 0 heterocycles. The first-order valence-electron chi connectivity index (χ1n) is 5.33. The largest absolute Gasteiger partial charge is 0.573 e. The van der Waals surface area contributed by atoms with Crippen LogP contribution in [-0.4, -0.2) is 12.3 Å². The Labute approximate surface area is 121 Å². The van der Waals surface area contributed by atoms with Gasteiger partial charge in [0.25, 0.3) is 0 Å². The summed E-state index contributed by atoms with van der Waals surface area (Å²) in [6.07, 6.45) is -4.80. The summed E-state index contributed by atoms with van der Waals surface area (Å²) < 4.78 is 40.1. The Morgan fingerprint density at radius 3 is 2.45 bits per heavy atom. The van der Waals surface area contributed by atoms with E-state index < -0.39 is 23.4 Å². The van der Waals surface area contributed by atoms with E-state index in [0.717, 1.165) is 6.07 Å². The molecule has 1 aromatic rings. The lowest BCUT2D eigenvalue weighted by molar-refractivity contribution is -0.274. The molecule has 4 nitrogen and oxygen atoms in total. The van der Waals surface area contributed by atoms with Crippen LogP contribution in [0, 0.1) is 16.7 Å². The molecule has 0 saturated heterocycles. The van der Waals surface area contributed by atoms with Gasteiger partial charge in [0.05, 0.1) is 10.5 Å². The summed E-state index contributed by atoms with van der Waals surface area (Å²) in [5, 5.41) is 11.2. The van der Waals surface area contributed by atoms with Gasteiger partial charge < -0.3 is 10.1 Å². The number of carbonyl (C=O) groups is 1. The Bertz CT molecular complexity index is 565. The van der Waals surface area contributed by atoms with Gasteiger partial charge in [0.1, 0.15) is 11.2 Å². The van der Waals surface area contributed by atoms with Gasteiger partial charge in [-0.1, -0.05) is 0 Å². The molecule has 0 unspecified atom stereocenters. The molecule has 0 aliphatic heterocycles. The van der Waals surface area contributed by atoms with Gasteiger partial charge in [0, 0.05) is 5.69 Å². The molecule has 1 N–H and O–H groups in total. The number of amides is 1. The van der Waals surface area contributed by atoms with E-state index in [-0.39, 0.29) is 10.2 Å². The van der Waals surface area contributed by atoms with Gasteiger partial charge in [0.2, 0.25) is 5.91 Å². The maximum Gasteiger partial charge on any atom is 0.573 e. The van der Waals surface area contributed by atoms with E-state index in [1.165, 1.54) is 26.0 Å².